The molecule has 0 spiro atoms. The van der Waals surface area contributed by atoms with Gasteiger partial charge in [-0.3, -0.25) is 4.68 Å². The topological polar surface area (TPSA) is 43.8 Å². The maximum atomic E-state index is 6.44. The van der Waals surface area contributed by atoms with Gasteiger partial charge in [0.2, 0.25) is 0 Å². The van der Waals surface area contributed by atoms with Crippen molar-refractivity contribution in [2.75, 3.05) is 0 Å². The second-order valence-electron chi connectivity index (χ2n) is 5.16. The van der Waals surface area contributed by atoms with E-state index in [4.69, 9.17) is 5.73 Å². The second kappa shape index (κ2) is 5.91. The number of aromatic nitrogens is 2. The molecule has 0 saturated heterocycles. The van der Waals surface area contributed by atoms with E-state index in [9.17, 15) is 0 Å². The highest BCUT2D eigenvalue weighted by Crippen LogP contribution is 2.32. The van der Waals surface area contributed by atoms with Crippen molar-refractivity contribution in [3.8, 4) is 0 Å². The lowest BCUT2D eigenvalue weighted by molar-refractivity contribution is 0.589. The molecule has 0 aliphatic rings. The van der Waals surface area contributed by atoms with E-state index in [1.807, 2.05) is 11.6 Å². The molecule has 0 fully saturated rings. The quantitative estimate of drug-likeness (QED) is 0.744. The molecule has 2 N–H and O–H groups in total. The van der Waals surface area contributed by atoms with Crippen LogP contribution in [0.5, 0.6) is 0 Å². The number of hydrogen-bond acceptors (Lipinski definition) is 3. The first-order valence-electron chi connectivity index (χ1n) is 7.06. The fourth-order valence-corrected chi connectivity index (χ4v) is 4.07. The van der Waals surface area contributed by atoms with Crippen molar-refractivity contribution < 1.29 is 0 Å². The Balaban J connectivity index is 1.91. The summed E-state index contributed by atoms with van der Waals surface area (Å²) < 4.78 is 4.41. The number of fused-ring (bicyclic) bond motifs is 1. The average Bonchev–Trinajstić information content (AvgIpc) is 3.03. The highest BCUT2D eigenvalue weighted by Gasteiger charge is 2.17. The summed E-state index contributed by atoms with van der Waals surface area (Å²) in [4.78, 5) is 1.23. The summed E-state index contributed by atoms with van der Waals surface area (Å²) in [6, 6.07) is 10.6. The summed E-state index contributed by atoms with van der Waals surface area (Å²) in [6.07, 6.45) is 0.794. The van der Waals surface area contributed by atoms with Crippen LogP contribution in [-0.2, 0) is 13.0 Å². The maximum absolute atomic E-state index is 6.44. The van der Waals surface area contributed by atoms with Gasteiger partial charge in [-0.2, -0.15) is 5.10 Å². The van der Waals surface area contributed by atoms with Gasteiger partial charge < -0.3 is 5.73 Å². The van der Waals surface area contributed by atoms with Gasteiger partial charge in [0, 0.05) is 28.6 Å². The number of nitrogens with zero attached hydrogens (tertiary/aromatic N) is 2. The van der Waals surface area contributed by atoms with E-state index < -0.39 is 0 Å². The van der Waals surface area contributed by atoms with Crippen LogP contribution in [0.1, 0.15) is 29.2 Å². The van der Waals surface area contributed by atoms with E-state index in [1.54, 1.807) is 11.3 Å². The minimum Gasteiger partial charge on any atom is -0.323 e. The third-order valence-corrected chi connectivity index (χ3v) is 5.96. The normalized spacial score (nSPS) is 13.0. The largest absolute Gasteiger partial charge is 0.323 e. The van der Waals surface area contributed by atoms with Gasteiger partial charge in [0.25, 0.3) is 0 Å². The zero-order chi connectivity index (χ0) is 15.0. The molecule has 0 amide bonds. The molecule has 3 aromatic rings. The molecule has 110 valence electrons. The number of benzene rings is 1. The standard InChI is InChI=1S/C16H18BrN3S/c1-3-20-13(16(17)10(2)19-20)9-12(18)15-8-11-6-4-5-7-14(11)21-15/h4-8,12H,3,9,18H2,1-2H3. The summed E-state index contributed by atoms with van der Waals surface area (Å²) >= 11 is 5.42. The number of nitrogens with two attached hydrogens (primary N) is 1. The molecular weight excluding hydrogens is 346 g/mol. The van der Waals surface area contributed by atoms with E-state index in [-0.39, 0.29) is 6.04 Å². The van der Waals surface area contributed by atoms with Crippen LogP contribution < -0.4 is 5.73 Å². The number of rotatable bonds is 4. The first-order chi connectivity index (χ1) is 10.1. The minimum atomic E-state index is 0.0000926. The molecule has 0 saturated carbocycles. The molecule has 2 aromatic heterocycles. The molecular formula is C16H18BrN3S. The summed E-state index contributed by atoms with van der Waals surface area (Å²) in [5.74, 6) is 0. The van der Waals surface area contributed by atoms with Crippen molar-refractivity contribution in [3.63, 3.8) is 0 Å². The minimum absolute atomic E-state index is 0.0000926. The third kappa shape index (κ3) is 2.78. The highest BCUT2D eigenvalue weighted by molar-refractivity contribution is 9.10. The van der Waals surface area contributed by atoms with Gasteiger partial charge in [0.05, 0.1) is 15.9 Å². The van der Waals surface area contributed by atoms with Gasteiger partial charge in [-0.1, -0.05) is 18.2 Å². The van der Waals surface area contributed by atoms with E-state index in [1.165, 1.54) is 20.7 Å². The Labute approximate surface area is 136 Å². The van der Waals surface area contributed by atoms with Gasteiger partial charge >= 0.3 is 0 Å². The molecule has 5 heteroatoms. The van der Waals surface area contributed by atoms with Gasteiger partial charge in [0.15, 0.2) is 0 Å². The van der Waals surface area contributed by atoms with Crippen LogP contribution in [0.15, 0.2) is 34.8 Å². The Hall–Kier alpha value is -1.17. The van der Waals surface area contributed by atoms with Crippen molar-refractivity contribution >= 4 is 37.4 Å². The summed E-state index contributed by atoms with van der Waals surface area (Å²) in [7, 11) is 0. The predicted octanol–water partition coefficient (Wildman–Crippen LogP) is 4.43. The Kier molecular flexibility index (Phi) is 4.15. The molecule has 0 bridgehead atoms. The molecule has 0 radical (unpaired) electrons. The van der Waals surface area contributed by atoms with E-state index in [2.05, 4.69) is 58.3 Å². The van der Waals surface area contributed by atoms with Crippen LogP contribution in [0.4, 0.5) is 0 Å². The Bertz CT molecular complexity index is 742. The van der Waals surface area contributed by atoms with Crippen LogP contribution in [0.25, 0.3) is 10.1 Å². The summed E-state index contributed by atoms with van der Waals surface area (Å²) in [5, 5.41) is 5.81. The Morgan fingerprint density at radius 3 is 2.86 bits per heavy atom. The number of hydrogen-bond donors (Lipinski definition) is 1. The summed E-state index contributed by atoms with van der Waals surface area (Å²) in [5.41, 5.74) is 8.65. The number of aryl methyl sites for hydroxylation is 2. The number of halogens is 1. The first kappa shape index (κ1) is 14.8. The fraction of sp³-hybridized carbons (Fsp3) is 0.312. The monoisotopic (exact) mass is 363 g/mol. The Morgan fingerprint density at radius 2 is 2.14 bits per heavy atom. The van der Waals surface area contributed by atoms with Gasteiger partial charge in [0.1, 0.15) is 0 Å². The van der Waals surface area contributed by atoms with Crippen molar-refractivity contribution in [3.05, 3.63) is 51.1 Å². The van der Waals surface area contributed by atoms with Gasteiger partial charge in [-0.25, -0.2) is 0 Å². The van der Waals surface area contributed by atoms with Gasteiger partial charge in [-0.05, 0) is 47.3 Å². The van der Waals surface area contributed by atoms with Crippen LogP contribution in [0, 0.1) is 6.92 Å². The second-order valence-corrected chi connectivity index (χ2v) is 7.07. The Morgan fingerprint density at radius 1 is 1.38 bits per heavy atom. The molecule has 1 aromatic carbocycles. The van der Waals surface area contributed by atoms with Crippen LogP contribution >= 0.6 is 27.3 Å². The van der Waals surface area contributed by atoms with Crippen LogP contribution in [-0.4, -0.2) is 9.78 Å². The van der Waals surface area contributed by atoms with E-state index >= 15 is 0 Å². The van der Waals surface area contributed by atoms with Crippen molar-refractivity contribution in [1.82, 2.24) is 9.78 Å². The van der Waals surface area contributed by atoms with Crippen molar-refractivity contribution in [2.24, 2.45) is 5.73 Å². The number of thiophene rings is 1. The molecule has 0 aliphatic heterocycles. The highest BCUT2D eigenvalue weighted by atomic mass is 79.9. The van der Waals surface area contributed by atoms with Crippen molar-refractivity contribution in [2.45, 2.75) is 32.9 Å². The molecule has 1 unspecified atom stereocenters. The molecule has 21 heavy (non-hydrogen) atoms. The molecule has 3 nitrogen and oxygen atoms in total. The smallest absolute Gasteiger partial charge is 0.0738 e. The zero-order valence-corrected chi connectivity index (χ0v) is 14.5. The zero-order valence-electron chi connectivity index (χ0n) is 12.1. The predicted molar refractivity (Wildman–Crippen MR) is 92.8 cm³/mol. The van der Waals surface area contributed by atoms with Gasteiger partial charge in [-0.15, -0.1) is 11.3 Å². The SMILES string of the molecule is CCn1nc(C)c(Br)c1CC(N)c1cc2ccccc2s1. The molecule has 0 aliphatic carbocycles. The lowest BCUT2D eigenvalue weighted by Gasteiger charge is -2.11. The maximum Gasteiger partial charge on any atom is 0.0738 e. The average molecular weight is 364 g/mol. The summed E-state index contributed by atoms with van der Waals surface area (Å²) in [6.45, 7) is 4.99. The molecule has 2 heterocycles. The van der Waals surface area contributed by atoms with Crippen molar-refractivity contribution in [1.29, 1.82) is 0 Å². The van der Waals surface area contributed by atoms with Crippen LogP contribution in [0.3, 0.4) is 0 Å². The van der Waals surface area contributed by atoms with E-state index in [0.29, 0.717) is 0 Å². The molecule has 3 rings (SSSR count). The first-order valence-corrected chi connectivity index (χ1v) is 8.67. The van der Waals surface area contributed by atoms with Crippen LogP contribution in [0.2, 0.25) is 0 Å². The fourth-order valence-electron chi connectivity index (χ4n) is 2.56. The third-order valence-electron chi connectivity index (χ3n) is 3.68. The van der Waals surface area contributed by atoms with E-state index in [0.717, 1.165) is 23.1 Å². The molecule has 1 atom stereocenters. The lowest BCUT2D eigenvalue weighted by atomic mass is 10.1. The lowest BCUT2D eigenvalue weighted by Crippen LogP contribution is -2.15.